The Morgan fingerprint density at radius 3 is 2.57 bits per heavy atom. The summed E-state index contributed by atoms with van der Waals surface area (Å²) in [5.74, 6) is 0.687. The number of carbonyl (C=O) groups is 2. The van der Waals surface area contributed by atoms with Crippen LogP contribution in [0.2, 0.25) is 0 Å². The molecule has 3 aromatic carbocycles. The average Bonchev–Trinajstić information content (AvgIpc) is 3.40. The van der Waals surface area contributed by atoms with E-state index in [0.717, 1.165) is 28.7 Å². The van der Waals surface area contributed by atoms with Crippen LogP contribution in [0.4, 0.5) is 4.39 Å². The minimum atomic E-state index is -0.325. The Bertz CT molecular complexity index is 1400. The molecule has 1 atom stereocenters. The third-order valence-corrected chi connectivity index (χ3v) is 6.50. The molecule has 0 radical (unpaired) electrons. The van der Waals surface area contributed by atoms with E-state index in [1.807, 2.05) is 48.5 Å². The molecule has 0 saturated heterocycles. The van der Waals surface area contributed by atoms with Gasteiger partial charge in [-0.05, 0) is 65.1 Å². The van der Waals surface area contributed by atoms with Gasteiger partial charge in [0.15, 0.2) is 5.76 Å². The third-order valence-electron chi connectivity index (χ3n) is 6.50. The molecule has 0 saturated carbocycles. The molecule has 188 valence electrons. The predicted octanol–water partition coefficient (Wildman–Crippen LogP) is 5.42. The van der Waals surface area contributed by atoms with Crippen molar-refractivity contribution in [1.82, 2.24) is 10.2 Å². The lowest BCUT2D eigenvalue weighted by Crippen LogP contribution is -2.39. The van der Waals surface area contributed by atoms with Crippen LogP contribution in [-0.4, -0.2) is 23.3 Å². The first-order valence-corrected chi connectivity index (χ1v) is 12.2. The van der Waals surface area contributed by atoms with Crippen molar-refractivity contribution in [3.63, 3.8) is 0 Å². The van der Waals surface area contributed by atoms with Gasteiger partial charge in [0, 0.05) is 20.0 Å². The van der Waals surface area contributed by atoms with Gasteiger partial charge < -0.3 is 19.4 Å². The first-order chi connectivity index (χ1) is 18.0. The van der Waals surface area contributed by atoms with Gasteiger partial charge in [-0.15, -0.1) is 0 Å². The number of rotatable bonds is 7. The third kappa shape index (κ3) is 5.56. The Hall–Kier alpha value is -4.39. The molecule has 0 spiro atoms. The van der Waals surface area contributed by atoms with Gasteiger partial charge in [-0.3, -0.25) is 9.59 Å². The van der Waals surface area contributed by atoms with Crippen molar-refractivity contribution in [2.45, 2.75) is 32.5 Å². The Morgan fingerprint density at radius 1 is 1.03 bits per heavy atom. The minimum absolute atomic E-state index is 0.0417. The van der Waals surface area contributed by atoms with Crippen molar-refractivity contribution in [1.29, 1.82) is 0 Å². The highest BCUT2D eigenvalue weighted by molar-refractivity contribution is 5.91. The second-order valence-electron chi connectivity index (χ2n) is 9.00. The maximum absolute atomic E-state index is 13.6. The van der Waals surface area contributed by atoms with Gasteiger partial charge in [-0.1, -0.05) is 48.5 Å². The van der Waals surface area contributed by atoms with Gasteiger partial charge in [-0.25, -0.2) is 4.39 Å². The van der Waals surface area contributed by atoms with Crippen LogP contribution >= 0.6 is 0 Å². The van der Waals surface area contributed by atoms with Crippen LogP contribution in [0.3, 0.4) is 0 Å². The van der Waals surface area contributed by atoms with Crippen molar-refractivity contribution in [2.24, 2.45) is 0 Å². The Kier molecular flexibility index (Phi) is 7.03. The minimum Gasteiger partial charge on any atom is -0.486 e. The average molecular weight is 499 g/mol. The molecule has 6 nitrogen and oxygen atoms in total. The number of nitrogens with zero attached hydrogens (tertiary/aromatic N) is 1. The Morgan fingerprint density at radius 2 is 1.81 bits per heavy atom. The number of ether oxygens (including phenoxy) is 1. The molecule has 1 unspecified atom stereocenters. The van der Waals surface area contributed by atoms with Crippen LogP contribution in [0.15, 0.2) is 89.3 Å². The van der Waals surface area contributed by atoms with E-state index in [4.69, 9.17) is 9.15 Å². The van der Waals surface area contributed by atoms with Gasteiger partial charge in [-0.2, -0.15) is 0 Å². The predicted molar refractivity (Wildman–Crippen MR) is 136 cm³/mol. The molecule has 37 heavy (non-hydrogen) atoms. The van der Waals surface area contributed by atoms with Crippen LogP contribution in [0.5, 0.6) is 5.75 Å². The smallest absolute Gasteiger partial charge is 0.287 e. The largest absolute Gasteiger partial charge is 0.486 e. The molecule has 1 aliphatic heterocycles. The van der Waals surface area contributed by atoms with E-state index in [1.54, 1.807) is 36.1 Å². The molecule has 1 aromatic heterocycles. The molecule has 7 heteroatoms. The number of hydrogen-bond acceptors (Lipinski definition) is 4. The van der Waals surface area contributed by atoms with Crippen molar-refractivity contribution in [3.8, 4) is 5.75 Å². The maximum atomic E-state index is 13.6. The zero-order valence-corrected chi connectivity index (χ0v) is 20.4. The van der Waals surface area contributed by atoms with E-state index < -0.39 is 0 Å². The van der Waals surface area contributed by atoms with Gasteiger partial charge in [0.1, 0.15) is 23.9 Å². The van der Waals surface area contributed by atoms with E-state index in [-0.39, 0.29) is 36.0 Å². The summed E-state index contributed by atoms with van der Waals surface area (Å²) in [6.07, 6.45) is 0.729. The van der Waals surface area contributed by atoms with Crippen LogP contribution in [-0.2, 0) is 24.4 Å². The standard InChI is InChI=1S/C30H27FN2O4/c1-20(34)33-16-15-22-9-12-25(17-27(22)29(33)23-7-10-24(31)11-8-23)36-19-26-13-14-28(37-26)30(35)32-18-21-5-3-2-4-6-21/h2-14,17,29H,15-16,18-19H2,1H3,(H,32,35). The fraction of sp³-hybridized carbons (Fsp3) is 0.200. The number of halogens is 1. The summed E-state index contributed by atoms with van der Waals surface area (Å²) in [7, 11) is 0. The van der Waals surface area contributed by atoms with E-state index in [2.05, 4.69) is 5.32 Å². The Labute approximate surface area is 214 Å². The summed E-state index contributed by atoms with van der Waals surface area (Å²) in [4.78, 5) is 26.7. The first-order valence-electron chi connectivity index (χ1n) is 12.2. The van der Waals surface area contributed by atoms with E-state index in [1.165, 1.54) is 12.1 Å². The second kappa shape index (κ2) is 10.7. The number of furan rings is 1. The van der Waals surface area contributed by atoms with Crippen LogP contribution < -0.4 is 10.1 Å². The molecule has 2 amide bonds. The molecular weight excluding hydrogens is 471 g/mol. The summed E-state index contributed by atoms with van der Waals surface area (Å²) >= 11 is 0. The monoisotopic (exact) mass is 498 g/mol. The molecule has 1 N–H and O–H groups in total. The molecule has 1 aliphatic rings. The Balaban J connectivity index is 1.29. The van der Waals surface area contributed by atoms with Crippen LogP contribution in [0, 0.1) is 5.82 Å². The van der Waals surface area contributed by atoms with Gasteiger partial charge in [0.25, 0.3) is 5.91 Å². The van der Waals surface area contributed by atoms with Gasteiger partial charge >= 0.3 is 0 Å². The lowest BCUT2D eigenvalue weighted by atomic mass is 9.88. The lowest BCUT2D eigenvalue weighted by Gasteiger charge is -2.37. The second-order valence-corrected chi connectivity index (χ2v) is 9.00. The fourth-order valence-electron chi connectivity index (χ4n) is 4.62. The van der Waals surface area contributed by atoms with E-state index >= 15 is 0 Å². The van der Waals surface area contributed by atoms with E-state index in [0.29, 0.717) is 24.6 Å². The quantitative estimate of drug-likeness (QED) is 0.369. The molecule has 0 bridgehead atoms. The number of hydrogen-bond donors (Lipinski definition) is 1. The number of benzene rings is 3. The number of nitrogens with one attached hydrogen (secondary N) is 1. The molecule has 5 rings (SSSR count). The SMILES string of the molecule is CC(=O)N1CCc2ccc(OCc3ccc(C(=O)NCc4ccccc4)o3)cc2C1c1ccc(F)cc1. The summed E-state index contributed by atoms with van der Waals surface area (Å²) in [6.45, 7) is 2.69. The van der Waals surface area contributed by atoms with E-state index in [9.17, 15) is 14.0 Å². The highest BCUT2D eigenvalue weighted by Crippen LogP contribution is 2.37. The highest BCUT2D eigenvalue weighted by atomic mass is 19.1. The van der Waals surface area contributed by atoms with Crippen LogP contribution in [0.1, 0.15) is 51.5 Å². The van der Waals surface area contributed by atoms with Crippen molar-refractivity contribution in [2.75, 3.05) is 6.54 Å². The van der Waals surface area contributed by atoms with Crippen molar-refractivity contribution < 1.29 is 23.1 Å². The summed E-state index contributed by atoms with van der Waals surface area (Å²) in [5.41, 5.74) is 3.91. The first kappa shape index (κ1) is 24.3. The number of fused-ring (bicyclic) bond motifs is 1. The summed E-state index contributed by atoms with van der Waals surface area (Å²) < 4.78 is 25.3. The molecule has 0 aliphatic carbocycles. The highest BCUT2D eigenvalue weighted by Gasteiger charge is 2.31. The summed E-state index contributed by atoms with van der Waals surface area (Å²) in [6, 6.07) is 24.7. The van der Waals surface area contributed by atoms with Crippen molar-refractivity contribution in [3.05, 3.63) is 125 Å². The number of amides is 2. The fourth-order valence-corrected chi connectivity index (χ4v) is 4.62. The molecular formula is C30H27FN2O4. The molecule has 0 fully saturated rings. The van der Waals surface area contributed by atoms with Crippen LogP contribution in [0.25, 0.3) is 0 Å². The van der Waals surface area contributed by atoms with Gasteiger partial charge in [0.05, 0.1) is 6.04 Å². The normalized spacial score (nSPS) is 14.6. The zero-order valence-electron chi connectivity index (χ0n) is 20.4. The molecule has 2 heterocycles. The lowest BCUT2D eigenvalue weighted by molar-refractivity contribution is -0.130. The topological polar surface area (TPSA) is 71.8 Å². The number of carbonyl (C=O) groups excluding carboxylic acids is 2. The van der Waals surface area contributed by atoms with Crippen molar-refractivity contribution >= 4 is 11.8 Å². The maximum Gasteiger partial charge on any atom is 0.287 e. The summed E-state index contributed by atoms with van der Waals surface area (Å²) in [5, 5.41) is 2.84. The van der Waals surface area contributed by atoms with Gasteiger partial charge in [0.2, 0.25) is 5.91 Å². The zero-order chi connectivity index (χ0) is 25.8. The molecule has 4 aromatic rings.